The highest BCUT2D eigenvalue weighted by atomic mass is 16.5. The normalized spacial score (nSPS) is 11.7. The Labute approximate surface area is 123 Å². The van der Waals surface area contributed by atoms with Crippen LogP contribution in [0.2, 0.25) is 0 Å². The summed E-state index contributed by atoms with van der Waals surface area (Å²) >= 11 is 0. The summed E-state index contributed by atoms with van der Waals surface area (Å²) in [5.41, 5.74) is 7.81. The molecule has 1 aromatic rings. The Hall–Kier alpha value is -1.51. The van der Waals surface area contributed by atoms with E-state index in [1.54, 1.807) is 0 Å². The van der Waals surface area contributed by atoms with Crippen molar-refractivity contribution in [1.29, 1.82) is 5.41 Å². The van der Waals surface area contributed by atoms with Crippen LogP contribution < -0.4 is 10.5 Å². The molecule has 0 unspecified atom stereocenters. The third-order valence-electron chi connectivity index (χ3n) is 3.81. The van der Waals surface area contributed by atoms with E-state index < -0.39 is 0 Å². The quantitative estimate of drug-likeness (QED) is 0.444. The first-order chi connectivity index (χ1) is 9.24. The number of hydrogen-bond donors (Lipinski definition) is 2. The lowest BCUT2D eigenvalue weighted by atomic mass is 9.87. The molecule has 0 spiro atoms. The lowest BCUT2D eigenvalue weighted by Gasteiger charge is -2.22. The third-order valence-corrected chi connectivity index (χ3v) is 3.81. The minimum Gasteiger partial charge on any atom is -0.493 e. The number of ether oxygens (including phenoxy) is 1. The molecule has 0 atom stereocenters. The molecule has 0 fully saturated rings. The highest BCUT2D eigenvalue weighted by Gasteiger charge is 2.20. The fourth-order valence-electron chi connectivity index (χ4n) is 1.96. The van der Waals surface area contributed by atoms with Crippen LogP contribution in [-0.2, 0) is 0 Å². The van der Waals surface area contributed by atoms with Crippen molar-refractivity contribution in [2.45, 2.75) is 53.4 Å². The highest BCUT2D eigenvalue weighted by Crippen LogP contribution is 2.26. The van der Waals surface area contributed by atoms with Gasteiger partial charge in [0.25, 0.3) is 0 Å². The van der Waals surface area contributed by atoms with Crippen LogP contribution in [0, 0.1) is 17.7 Å². The third kappa shape index (κ3) is 4.55. The number of nitrogens with two attached hydrogens (primary N) is 1. The molecule has 0 radical (unpaired) electrons. The van der Waals surface area contributed by atoms with Gasteiger partial charge in [0, 0.05) is 5.41 Å². The molecule has 1 aromatic carbocycles. The average molecular weight is 276 g/mol. The van der Waals surface area contributed by atoms with Gasteiger partial charge in [0.05, 0.1) is 12.4 Å². The monoisotopic (exact) mass is 276 g/mol. The molecule has 0 aliphatic heterocycles. The molecule has 20 heavy (non-hydrogen) atoms. The first-order valence-electron chi connectivity index (χ1n) is 7.32. The van der Waals surface area contributed by atoms with Gasteiger partial charge in [0.2, 0.25) is 0 Å². The molecule has 3 nitrogen and oxygen atoms in total. The smallest absolute Gasteiger partial charge is 0.122 e. The van der Waals surface area contributed by atoms with E-state index in [0.29, 0.717) is 12.5 Å². The van der Waals surface area contributed by atoms with Crippen LogP contribution in [0.4, 0.5) is 0 Å². The van der Waals surface area contributed by atoms with E-state index in [9.17, 15) is 0 Å². The van der Waals surface area contributed by atoms with Crippen molar-refractivity contribution in [2.75, 3.05) is 6.61 Å². The SMILES string of the molecule is Cc1ccc(C(C)C)cc1OCCCC(C)(C)C(=N)N. The molecule has 112 valence electrons. The van der Waals surface area contributed by atoms with Crippen molar-refractivity contribution < 1.29 is 4.74 Å². The summed E-state index contributed by atoms with van der Waals surface area (Å²) in [6.45, 7) is 11.1. The van der Waals surface area contributed by atoms with Crippen LogP contribution in [0.5, 0.6) is 5.75 Å². The number of nitrogens with one attached hydrogen (secondary N) is 1. The topological polar surface area (TPSA) is 59.1 Å². The Morgan fingerprint density at radius 2 is 2.00 bits per heavy atom. The summed E-state index contributed by atoms with van der Waals surface area (Å²) in [6.07, 6.45) is 1.77. The fraction of sp³-hybridized carbons (Fsp3) is 0.588. The Morgan fingerprint density at radius 3 is 2.55 bits per heavy atom. The molecule has 3 heteroatoms. The van der Waals surface area contributed by atoms with Crippen molar-refractivity contribution in [3.05, 3.63) is 29.3 Å². The second kappa shape index (κ2) is 6.78. The van der Waals surface area contributed by atoms with Crippen molar-refractivity contribution in [1.82, 2.24) is 0 Å². The van der Waals surface area contributed by atoms with E-state index in [1.165, 1.54) is 11.1 Å². The summed E-state index contributed by atoms with van der Waals surface area (Å²) in [5, 5.41) is 7.54. The van der Waals surface area contributed by atoms with Gasteiger partial charge in [-0.1, -0.05) is 39.8 Å². The maximum Gasteiger partial charge on any atom is 0.122 e. The molecule has 0 saturated carbocycles. The van der Waals surface area contributed by atoms with E-state index in [4.69, 9.17) is 15.9 Å². The predicted octanol–water partition coefficient (Wildman–Crippen LogP) is 4.24. The van der Waals surface area contributed by atoms with Gasteiger partial charge < -0.3 is 10.5 Å². The van der Waals surface area contributed by atoms with Gasteiger partial charge in [0.1, 0.15) is 5.75 Å². The van der Waals surface area contributed by atoms with Crippen LogP contribution in [0.1, 0.15) is 57.6 Å². The average Bonchev–Trinajstić information content (AvgIpc) is 2.36. The summed E-state index contributed by atoms with van der Waals surface area (Å²) < 4.78 is 5.89. The lowest BCUT2D eigenvalue weighted by molar-refractivity contribution is 0.285. The van der Waals surface area contributed by atoms with Gasteiger partial charge in [-0.25, -0.2) is 0 Å². The van der Waals surface area contributed by atoms with E-state index >= 15 is 0 Å². The largest absolute Gasteiger partial charge is 0.493 e. The first kappa shape index (κ1) is 16.5. The molecule has 1 rings (SSSR count). The molecule has 0 aliphatic carbocycles. The maximum absolute atomic E-state index is 7.54. The highest BCUT2D eigenvalue weighted by molar-refractivity contribution is 5.82. The van der Waals surface area contributed by atoms with Crippen LogP contribution in [0.15, 0.2) is 18.2 Å². The van der Waals surface area contributed by atoms with Gasteiger partial charge in [-0.05, 0) is 42.9 Å². The van der Waals surface area contributed by atoms with E-state index in [0.717, 1.165) is 18.6 Å². The Balaban J connectivity index is 2.54. The number of amidine groups is 1. The number of aryl methyl sites for hydroxylation is 1. The zero-order valence-corrected chi connectivity index (χ0v) is 13.4. The van der Waals surface area contributed by atoms with Crippen molar-refractivity contribution in [3.63, 3.8) is 0 Å². The van der Waals surface area contributed by atoms with Crippen molar-refractivity contribution in [3.8, 4) is 5.75 Å². The van der Waals surface area contributed by atoms with Crippen LogP contribution in [0.25, 0.3) is 0 Å². The van der Waals surface area contributed by atoms with E-state index in [2.05, 4.69) is 39.0 Å². The molecule has 0 bridgehead atoms. The Bertz CT molecular complexity index is 464. The van der Waals surface area contributed by atoms with Gasteiger partial charge in [-0.3, -0.25) is 5.41 Å². The summed E-state index contributed by atoms with van der Waals surface area (Å²) in [5.74, 6) is 1.72. The Kier molecular flexibility index (Phi) is 5.61. The molecule has 0 aliphatic rings. The van der Waals surface area contributed by atoms with Crippen LogP contribution in [0.3, 0.4) is 0 Å². The van der Waals surface area contributed by atoms with Crippen LogP contribution >= 0.6 is 0 Å². The standard InChI is InChI=1S/C17H28N2O/c1-12(2)14-8-7-13(3)15(11-14)20-10-6-9-17(4,5)16(18)19/h7-8,11-12H,6,9-10H2,1-5H3,(H3,18,19). The minimum absolute atomic E-state index is 0.238. The van der Waals surface area contributed by atoms with E-state index in [1.807, 2.05) is 13.8 Å². The molecular weight excluding hydrogens is 248 g/mol. The summed E-state index contributed by atoms with van der Waals surface area (Å²) in [4.78, 5) is 0. The number of hydrogen-bond acceptors (Lipinski definition) is 2. The second-order valence-electron chi connectivity index (χ2n) is 6.43. The molecule has 0 aromatic heterocycles. The lowest BCUT2D eigenvalue weighted by Crippen LogP contribution is -2.31. The zero-order chi connectivity index (χ0) is 15.3. The van der Waals surface area contributed by atoms with Crippen molar-refractivity contribution >= 4 is 5.84 Å². The van der Waals surface area contributed by atoms with Gasteiger partial charge in [0.15, 0.2) is 0 Å². The van der Waals surface area contributed by atoms with Gasteiger partial charge >= 0.3 is 0 Å². The number of benzene rings is 1. The fourth-order valence-corrected chi connectivity index (χ4v) is 1.96. The molecule has 0 saturated heterocycles. The summed E-state index contributed by atoms with van der Waals surface area (Å²) in [6, 6.07) is 6.41. The number of rotatable bonds is 7. The summed E-state index contributed by atoms with van der Waals surface area (Å²) in [7, 11) is 0. The predicted molar refractivity (Wildman–Crippen MR) is 85.7 cm³/mol. The van der Waals surface area contributed by atoms with Gasteiger partial charge in [-0.15, -0.1) is 0 Å². The molecule has 3 N–H and O–H groups in total. The first-order valence-corrected chi connectivity index (χ1v) is 7.32. The molecule has 0 heterocycles. The van der Waals surface area contributed by atoms with Gasteiger partial charge in [-0.2, -0.15) is 0 Å². The zero-order valence-electron chi connectivity index (χ0n) is 13.4. The van der Waals surface area contributed by atoms with Crippen molar-refractivity contribution in [2.24, 2.45) is 11.1 Å². The van der Waals surface area contributed by atoms with E-state index in [-0.39, 0.29) is 11.3 Å². The second-order valence-corrected chi connectivity index (χ2v) is 6.43. The van der Waals surface area contributed by atoms with Crippen LogP contribution in [-0.4, -0.2) is 12.4 Å². The minimum atomic E-state index is -0.238. The maximum atomic E-state index is 7.54. The molecule has 0 amide bonds. The molecular formula is C17H28N2O. The Morgan fingerprint density at radius 1 is 1.35 bits per heavy atom.